The molecule has 1 amide bonds. The zero-order valence-electron chi connectivity index (χ0n) is 15.7. The Morgan fingerprint density at radius 1 is 1.27 bits per heavy atom. The number of ether oxygens (including phenoxy) is 1. The summed E-state index contributed by atoms with van der Waals surface area (Å²) in [7, 11) is 0. The van der Waals surface area contributed by atoms with Gasteiger partial charge in [0.2, 0.25) is 0 Å². The van der Waals surface area contributed by atoms with Crippen molar-refractivity contribution >= 4 is 39.5 Å². The number of aromatic nitrogens is 2. The topological polar surface area (TPSA) is 72.7 Å². The van der Waals surface area contributed by atoms with Gasteiger partial charge in [-0.25, -0.2) is 9.37 Å². The van der Waals surface area contributed by atoms with Crippen molar-refractivity contribution in [1.29, 1.82) is 0 Å². The number of hydrogen-bond acceptors (Lipinski definition) is 5. The van der Waals surface area contributed by atoms with Crippen molar-refractivity contribution in [2.75, 3.05) is 5.32 Å². The van der Waals surface area contributed by atoms with Crippen LogP contribution < -0.4 is 15.6 Å². The molecule has 0 aliphatic carbocycles. The van der Waals surface area contributed by atoms with E-state index in [1.165, 1.54) is 46.1 Å². The molecule has 30 heavy (non-hydrogen) atoms. The third-order valence-corrected chi connectivity index (χ3v) is 5.35. The first kappa shape index (κ1) is 20.1. The smallest absolute Gasteiger partial charge is 0.258 e. The maximum Gasteiger partial charge on any atom is 0.258 e. The number of hydrogen-bond donors (Lipinski definition) is 1. The van der Waals surface area contributed by atoms with Crippen LogP contribution >= 0.6 is 22.9 Å². The molecule has 0 aliphatic heterocycles. The average Bonchev–Trinajstić information content (AvgIpc) is 3.08. The lowest BCUT2D eigenvalue weighted by Gasteiger charge is -2.13. The maximum atomic E-state index is 13.9. The fourth-order valence-electron chi connectivity index (χ4n) is 2.84. The lowest BCUT2D eigenvalue weighted by molar-refractivity contribution is 0.102. The first-order valence-electron chi connectivity index (χ1n) is 8.87. The molecule has 0 spiro atoms. The Morgan fingerprint density at radius 2 is 2.07 bits per heavy atom. The molecular formula is C21H15ClFN3O3S. The maximum absolute atomic E-state index is 13.9. The first-order chi connectivity index (χ1) is 14.4. The van der Waals surface area contributed by atoms with Gasteiger partial charge in [0, 0.05) is 22.2 Å². The van der Waals surface area contributed by atoms with Crippen LogP contribution in [0.3, 0.4) is 0 Å². The zero-order valence-corrected chi connectivity index (χ0v) is 17.3. The molecule has 0 saturated heterocycles. The molecule has 0 radical (unpaired) electrons. The molecule has 0 unspecified atom stereocenters. The summed E-state index contributed by atoms with van der Waals surface area (Å²) in [6.45, 7) is 1.90. The van der Waals surface area contributed by atoms with Crippen molar-refractivity contribution < 1.29 is 13.9 Å². The zero-order chi connectivity index (χ0) is 21.3. The molecule has 0 saturated carbocycles. The largest absolute Gasteiger partial charge is 0.485 e. The summed E-state index contributed by atoms with van der Waals surface area (Å²) in [6, 6.07) is 11.7. The number of carbonyl (C=O) groups is 1. The predicted molar refractivity (Wildman–Crippen MR) is 114 cm³/mol. The van der Waals surface area contributed by atoms with Gasteiger partial charge in [-0.1, -0.05) is 23.7 Å². The second-order valence-corrected chi connectivity index (χ2v) is 8.09. The van der Waals surface area contributed by atoms with Gasteiger partial charge < -0.3 is 10.1 Å². The molecule has 0 atom stereocenters. The summed E-state index contributed by atoms with van der Waals surface area (Å²) in [5.74, 6) is -0.954. The lowest BCUT2D eigenvalue weighted by atomic mass is 10.2. The van der Waals surface area contributed by atoms with Gasteiger partial charge >= 0.3 is 0 Å². The number of aryl methyl sites for hydroxylation is 1. The van der Waals surface area contributed by atoms with E-state index in [9.17, 15) is 14.0 Å². The summed E-state index contributed by atoms with van der Waals surface area (Å²) in [5.41, 5.74) is 0.424. The number of rotatable bonds is 5. The molecule has 2 aromatic carbocycles. The van der Waals surface area contributed by atoms with Gasteiger partial charge in [0.05, 0.1) is 16.9 Å². The Morgan fingerprint density at radius 3 is 2.87 bits per heavy atom. The summed E-state index contributed by atoms with van der Waals surface area (Å²) in [5, 5.41) is 2.99. The second-order valence-electron chi connectivity index (χ2n) is 6.44. The van der Waals surface area contributed by atoms with E-state index in [2.05, 4.69) is 10.3 Å². The van der Waals surface area contributed by atoms with Crippen molar-refractivity contribution in [3.63, 3.8) is 0 Å². The van der Waals surface area contributed by atoms with E-state index in [1.54, 1.807) is 24.4 Å². The van der Waals surface area contributed by atoms with Gasteiger partial charge in [-0.3, -0.25) is 14.0 Å². The van der Waals surface area contributed by atoms with E-state index in [4.69, 9.17) is 16.3 Å². The third-order valence-electron chi connectivity index (χ3n) is 4.22. The number of carbonyl (C=O) groups excluding carboxylic acids is 1. The Kier molecular flexibility index (Phi) is 5.52. The van der Waals surface area contributed by atoms with Crippen molar-refractivity contribution in [3.8, 4) is 5.75 Å². The number of fused-ring (bicyclic) bond motifs is 1. The monoisotopic (exact) mass is 443 g/mol. The van der Waals surface area contributed by atoms with Crippen LogP contribution in [-0.4, -0.2) is 15.3 Å². The number of thiazole rings is 1. The van der Waals surface area contributed by atoms with E-state index in [-0.39, 0.29) is 23.4 Å². The van der Waals surface area contributed by atoms with Gasteiger partial charge in [0.15, 0.2) is 4.96 Å². The lowest BCUT2D eigenvalue weighted by Crippen LogP contribution is -2.16. The third kappa shape index (κ3) is 4.19. The molecule has 4 aromatic rings. The minimum absolute atomic E-state index is 0.00683. The summed E-state index contributed by atoms with van der Waals surface area (Å²) < 4.78 is 21.2. The van der Waals surface area contributed by atoms with E-state index in [0.29, 0.717) is 21.4 Å². The van der Waals surface area contributed by atoms with Crippen molar-refractivity contribution in [2.24, 2.45) is 0 Å². The molecule has 0 aliphatic rings. The quantitative estimate of drug-likeness (QED) is 0.485. The van der Waals surface area contributed by atoms with Crippen LogP contribution in [0.2, 0.25) is 5.02 Å². The predicted octanol–water partition coefficient (Wildman–Crippen LogP) is 4.69. The van der Waals surface area contributed by atoms with Crippen molar-refractivity contribution in [3.05, 3.63) is 92.1 Å². The molecule has 1 N–H and O–H groups in total. The summed E-state index contributed by atoms with van der Waals surface area (Å²) in [6.07, 6.45) is 1.73. The highest BCUT2D eigenvalue weighted by molar-refractivity contribution is 7.16. The number of nitrogens with zero attached hydrogens (tertiary/aromatic N) is 2. The van der Waals surface area contributed by atoms with Crippen LogP contribution in [0.25, 0.3) is 4.96 Å². The Hall–Kier alpha value is -3.23. The van der Waals surface area contributed by atoms with Crippen LogP contribution in [0.15, 0.2) is 59.5 Å². The van der Waals surface area contributed by atoms with Crippen molar-refractivity contribution in [1.82, 2.24) is 9.38 Å². The van der Waals surface area contributed by atoms with Gasteiger partial charge in [-0.05, 0) is 37.3 Å². The SMILES string of the molecule is Cc1cn2c(=O)cc(COc3ccc(Cl)cc3NC(=O)c3ccccc3F)nc2s1. The summed E-state index contributed by atoms with van der Waals surface area (Å²) >= 11 is 7.45. The molecule has 0 bridgehead atoms. The van der Waals surface area contributed by atoms with Crippen LogP contribution in [-0.2, 0) is 6.61 Å². The normalized spacial score (nSPS) is 10.9. The van der Waals surface area contributed by atoms with Gasteiger partial charge in [-0.2, -0.15) is 0 Å². The van der Waals surface area contributed by atoms with Gasteiger partial charge in [0.1, 0.15) is 18.2 Å². The Labute approximate surface area is 179 Å². The van der Waals surface area contributed by atoms with Crippen LogP contribution in [0.1, 0.15) is 20.9 Å². The van der Waals surface area contributed by atoms with Crippen LogP contribution in [0, 0.1) is 12.7 Å². The van der Waals surface area contributed by atoms with E-state index < -0.39 is 11.7 Å². The molecule has 152 valence electrons. The van der Waals surface area contributed by atoms with Gasteiger partial charge in [-0.15, -0.1) is 11.3 Å². The fraction of sp³-hybridized carbons (Fsp3) is 0.0952. The second kappa shape index (κ2) is 8.25. The molecule has 2 aromatic heterocycles. The highest BCUT2D eigenvalue weighted by Gasteiger charge is 2.15. The molecular weight excluding hydrogens is 429 g/mol. The number of anilines is 1. The average molecular weight is 444 g/mol. The number of halogens is 2. The van der Waals surface area contributed by atoms with Crippen LogP contribution in [0.4, 0.5) is 10.1 Å². The fourth-order valence-corrected chi connectivity index (χ4v) is 3.87. The highest BCUT2D eigenvalue weighted by atomic mass is 35.5. The minimum atomic E-state index is -0.635. The Bertz CT molecular complexity index is 1320. The van der Waals surface area contributed by atoms with E-state index >= 15 is 0 Å². The highest BCUT2D eigenvalue weighted by Crippen LogP contribution is 2.29. The van der Waals surface area contributed by atoms with E-state index in [1.807, 2.05) is 6.92 Å². The molecule has 0 fully saturated rings. The van der Waals surface area contributed by atoms with E-state index in [0.717, 1.165) is 4.88 Å². The number of benzene rings is 2. The van der Waals surface area contributed by atoms with Crippen LogP contribution in [0.5, 0.6) is 5.75 Å². The standard InChI is InChI=1S/C21H15ClFN3O3S/c1-12-10-26-19(27)9-14(24-21(26)30-12)11-29-18-7-6-13(22)8-17(18)25-20(28)15-4-2-3-5-16(15)23/h2-10H,11H2,1H3,(H,25,28). The molecule has 2 heterocycles. The van der Waals surface area contributed by atoms with Gasteiger partial charge in [0.25, 0.3) is 11.5 Å². The summed E-state index contributed by atoms with van der Waals surface area (Å²) in [4.78, 5) is 30.7. The minimum Gasteiger partial charge on any atom is -0.485 e. The van der Waals surface area contributed by atoms with Crippen molar-refractivity contribution in [2.45, 2.75) is 13.5 Å². The number of amides is 1. The molecule has 6 nitrogen and oxygen atoms in total. The number of nitrogens with one attached hydrogen (secondary N) is 1. The molecule has 9 heteroatoms. The first-order valence-corrected chi connectivity index (χ1v) is 10.1. The Balaban J connectivity index is 1.57. The molecule has 4 rings (SSSR count).